The van der Waals surface area contributed by atoms with Crippen molar-refractivity contribution in [3.05, 3.63) is 11.6 Å². The SMILES string of the molecule is CCC1CC2=CC[C@H]3[C@@H]4CC[C@H]([C@H](C)CCC(C)(O)C(F)(F)F)[C@@]4(C)CC[C@@H]3[C@@]2(C)CCC1=O. The molecule has 0 saturated heterocycles. The van der Waals surface area contributed by atoms with Crippen LogP contribution in [0.25, 0.3) is 0 Å². The van der Waals surface area contributed by atoms with Gasteiger partial charge in [0, 0.05) is 12.3 Å². The van der Waals surface area contributed by atoms with Gasteiger partial charge in [-0.25, -0.2) is 0 Å². The predicted molar refractivity (Wildman–Crippen MR) is 129 cm³/mol. The first-order chi connectivity index (χ1) is 15.7. The third-order valence-corrected chi connectivity index (χ3v) is 11.4. The van der Waals surface area contributed by atoms with Crippen molar-refractivity contribution in [1.29, 1.82) is 0 Å². The van der Waals surface area contributed by atoms with E-state index in [1.807, 2.05) is 0 Å². The smallest absolute Gasteiger partial charge is 0.381 e. The van der Waals surface area contributed by atoms with E-state index in [1.54, 1.807) is 0 Å². The van der Waals surface area contributed by atoms with Gasteiger partial charge < -0.3 is 5.11 Å². The first kappa shape index (κ1) is 26.2. The highest BCUT2D eigenvalue weighted by atomic mass is 19.4. The van der Waals surface area contributed by atoms with Crippen molar-refractivity contribution in [2.45, 2.75) is 117 Å². The highest BCUT2D eigenvalue weighted by molar-refractivity contribution is 5.82. The first-order valence-electron chi connectivity index (χ1n) is 13.8. The number of carbonyl (C=O) groups is 1. The fourth-order valence-electron chi connectivity index (χ4n) is 8.98. The van der Waals surface area contributed by atoms with E-state index in [1.165, 1.54) is 12.0 Å². The Morgan fingerprint density at radius 2 is 1.85 bits per heavy atom. The molecule has 2 nitrogen and oxygen atoms in total. The average molecular weight is 483 g/mol. The van der Waals surface area contributed by atoms with Crippen molar-refractivity contribution < 1.29 is 23.1 Å². The minimum Gasteiger partial charge on any atom is -0.381 e. The van der Waals surface area contributed by atoms with Crippen LogP contribution in [0.1, 0.15) is 105 Å². The number of alkyl halides is 3. The molecule has 9 atom stereocenters. The Hall–Kier alpha value is -0.840. The van der Waals surface area contributed by atoms with E-state index in [0.717, 1.165) is 51.9 Å². The number of aliphatic hydroxyl groups is 1. The predicted octanol–water partition coefficient (Wildman–Crippen LogP) is 7.89. The van der Waals surface area contributed by atoms with Crippen LogP contribution in [0.3, 0.4) is 0 Å². The summed E-state index contributed by atoms with van der Waals surface area (Å²) in [5.74, 6) is 3.07. The zero-order valence-corrected chi connectivity index (χ0v) is 21.8. The molecule has 5 heteroatoms. The Labute approximate surface area is 204 Å². The second kappa shape index (κ2) is 8.92. The molecule has 0 amide bonds. The van der Waals surface area contributed by atoms with E-state index in [9.17, 15) is 23.1 Å². The maximum absolute atomic E-state index is 13.2. The molecule has 0 spiro atoms. The van der Waals surface area contributed by atoms with Gasteiger partial charge in [-0.05, 0) is 112 Å². The standard InChI is InChI=1S/C29H45F3O2/c1-6-19-17-20-7-8-21-23-10-9-22(18(2)11-16-28(5,34)29(30,31)32)27(23,4)14-12-24(21)26(20,3)15-13-25(19)33/h7,18-19,21-24,34H,6,8-17H2,1-5H3/t18-,19?,21+,22-,23+,24+,26+,27-,28?/m1/s1. The van der Waals surface area contributed by atoms with Gasteiger partial charge in [0.05, 0.1) is 0 Å². The van der Waals surface area contributed by atoms with Crippen LogP contribution < -0.4 is 0 Å². The number of carbonyl (C=O) groups excluding carboxylic acids is 1. The molecule has 194 valence electrons. The van der Waals surface area contributed by atoms with Crippen LogP contribution in [-0.4, -0.2) is 22.7 Å². The van der Waals surface area contributed by atoms with Crippen LogP contribution in [0.15, 0.2) is 11.6 Å². The summed E-state index contributed by atoms with van der Waals surface area (Å²) >= 11 is 0. The highest BCUT2D eigenvalue weighted by Gasteiger charge is 2.59. The fourth-order valence-corrected chi connectivity index (χ4v) is 8.98. The molecule has 34 heavy (non-hydrogen) atoms. The molecule has 0 heterocycles. The highest BCUT2D eigenvalue weighted by Crippen LogP contribution is 2.67. The molecule has 3 saturated carbocycles. The summed E-state index contributed by atoms with van der Waals surface area (Å²) in [7, 11) is 0. The Balaban J connectivity index is 1.51. The molecule has 4 aliphatic carbocycles. The zero-order chi connectivity index (χ0) is 25.1. The van der Waals surface area contributed by atoms with Crippen molar-refractivity contribution in [3.63, 3.8) is 0 Å². The number of ketones is 1. The molecule has 0 radical (unpaired) electrons. The van der Waals surface area contributed by atoms with Gasteiger partial charge in [0.2, 0.25) is 0 Å². The molecule has 0 bridgehead atoms. The number of hydrogen-bond donors (Lipinski definition) is 1. The van der Waals surface area contributed by atoms with Crippen molar-refractivity contribution in [2.75, 3.05) is 0 Å². The second-order valence-corrected chi connectivity index (χ2v) is 13.1. The lowest BCUT2D eigenvalue weighted by molar-refractivity contribution is -0.256. The molecule has 1 N–H and O–H groups in total. The van der Waals surface area contributed by atoms with E-state index in [-0.39, 0.29) is 29.1 Å². The van der Waals surface area contributed by atoms with E-state index < -0.39 is 11.8 Å². The number of Topliss-reactive ketones (excluding diaryl/α,β-unsaturated/α-hetero) is 1. The first-order valence-corrected chi connectivity index (χ1v) is 13.8. The maximum Gasteiger partial charge on any atom is 0.416 e. The van der Waals surface area contributed by atoms with Crippen LogP contribution in [-0.2, 0) is 4.79 Å². The van der Waals surface area contributed by atoms with Crippen LogP contribution >= 0.6 is 0 Å². The molecular weight excluding hydrogens is 437 g/mol. The van der Waals surface area contributed by atoms with Gasteiger partial charge in [-0.1, -0.05) is 39.3 Å². The minimum absolute atomic E-state index is 0.124. The molecule has 0 aromatic rings. The third kappa shape index (κ3) is 4.20. The minimum atomic E-state index is -4.58. The quantitative estimate of drug-likeness (QED) is 0.405. The topological polar surface area (TPSA) is 37.3 Å². The van der Waals surface area contributed by atoms with E-state index >= 15 is 0 Å². The lowest BCUT2D eigenvalue weighted by Crippen LogP contribution is -2.49. The molecule has 3 fully saturated rings. The summed E-state index contributed by atoms with van der Waals surface area (Å²) in [5, 5.41) is 9.95. The van der Waals surface area contributed by atoms with E-state index in [0.29, 0.717) is 42.3 Å². The Kier molecular flexibility index (Phi) is 6.88. The largest absolute Gasteiger partial charge is 0.416 e. The molecule has 4 aliphatic rings. The van der Waals surface area contributed by atoms with E-state index in [4.69, 9.17) is 0 Å². The van der Waals surface area contributed by atoms with Crippen LogP contribution in [0.2, 0.25) is 0 Å². The number of allylic oxidation sites excluding steroid dienone is 2. The number of hydrogen-bond acceptors (Lipinski definition) is 2. The number of halogens is 3. The summed E-state index contributed by atoms with van der Waals surface area (Å²) in [4.78, 5) is 12.7. The molecular formula is C29H45F3O2. The van der Waals surface area contributed by atoms with Gasteiger partial charge in [0.15, 0.2) is 5.60 Å². The fraction of sp³-hybridized carbons (Fsp3) is 0.897. The molecule has 2 unspecified atom stereocenters. The molecule has 0 aliphatic heterocycles. The lowest BCUT2D eigenvalue weighted by atomic mass is 9.48. The monoisotopic (exact) mass is 482 g/mol. The van der Waals surface area contributed by atoms with Crippen molar-refractivity contribution >= 4 is 5.78 Å². The van der Waals surface area contributed by atoms with Gasteiger partial charge in [0.1, 0.15) is 5.78 Å². The summed E-state index contributed by atoms with van der Waals surface area (Å²) in [6.07, 6.45) is 7.31. The maximum atomic E-state index is 13.2. The third-order valence-electron chi connectivity index (χ3n) is 11.4. The van der Waals surface area contributed by atoms with Crippen molar-refractivity contribution in [2.24, 2.45) is 46.3 Å². The lowest BCUT2D eigenvalue weighted by Gasteiger charge is -2.57. The average Bonchev–Trinajstić information content (AvgIpc) is 3.05. The van der Waals surface area contributed by atoms with Gasteiger partial charge in [-0.3, -0.25) is 4.79 Å². The summed E-state index contributed by atoms with van der Waals surface area (Å²) in [5.41, 5.74) is -0.783. The van der Waals surface area contributed by atoms with Crippen LogP contribution in [0.5, 0.6) is 0 Å². The van der Waals surface area contributed by atoms with Crippen LogP contribution in [0, 0.1) is 46.3 Å². The summed E-state index contributed by atoms with van der Waals surface area (Å²) < 4.78 is 39.6. The molecule has 0 aromatic carbocycles. The zero-order valence-electron chi connectivity index (χ0n) is 21.8. The Bertz CT molecular complexity index is 815. The van der Waals surface area contributed by atoms with Crippen molar-refractivity contribution in [3.8, 4) is 0 Å². The Morgan fingerprint density at radius 1 is 1.15 bits per heavy atom. The number of rotatable bonds is 5. The van der Waals surface area contributed by atoms with Gasteiger partial charge in [-0.2, -0.15) is 13.2 Å². The van der Waals surface area contributed by atoms with Gasteiger partial charge in [0.25, 0.3) is 0 Å². The number of fused-ring (bicyclic) bond motifs is 5. The summed E-state index contributed by atoms with van der Waals surface area (Å²) in [6.45, 7) is 10.0. The normalized spacial score (nSPS) is 43.1. The van der Waals surface area contributed by atoms with E-state index in [2.05, 4.69) is 33.8 Å². The van der Waals surface area contributed by atoms with Gasteiger partial charge >= 0.3 is 6.18 Å². The Morgan fingerprint density at radius 3 is 2.50 bits per heavy atom. The second-order valence-electron chi connectivity index (χ2n) is 13.1. The van der Waals surface area contributed by atoms with Gasteiger partial charge in [-0.15, -0.1) is 0 Å². The molecule has 0 aromatic heterocycles. The molecule has 4 rings (SSSR count). The van der Waals surface area contributed by atoms with Crippen molar-refractivity contribution in [1.82, 2.24) is 0 Å². The summed E-state index contributed by atoms with van der Waals surface area (Å²) in [6, 6.07) is 0. The van der Waals surface area contributed by atoms with Crippen LogP contribution in [0.4, 0.5) is 13.2 Å².